The molecule has 2 heteroatoms. The Kier molecular flexibility index (Phi) is 9.20. The third-order valence-corrected chi connectivity index (χ3v) is 16.6. The zero-order chi connectivity index (χ0) is 44.0. The number of fused-ring (bicyclic) bond motifs is 4. The van der Waals surface area contributed by atoms with E-state index in [0.717, 1.165) is 17.8 Å². The molecule has 0 spiro atoms. The van der Waals surface area contributed by atoms with Crippen LogP contribution in [0.15, 0.2) is 78.9 Å². The fourth-order valence-corrected chi connectivity index (χ4v) is 12.1. The van der Waals surface area contributed by atoms with Crippen molar-refractivity contribution in [3.05, 3.63) is 134 Å². The first-order valence-electron chi connectivity index (χ1n) is 23.6. The third-order valence-electron chi connectivity index (χ3n) is 16.6. The van der Waals surface area contributed by atoms with E-state index in [1.807, 2.05) is 0 Å². The van der Waals surface area contributed by atoms with Gasteiger partial charge in [-0.05, 0) is 195 Å². The molecule has 1 unspecified atom stereocenters. The van der Waals surface area contributed by atoms with Crippen LogP contribution in [0.1, 0.15) is 191 Å². The maximum Gasteiger partial charge on any atom is 0.0505 e. The topological polar surface area (TPSA) is 15.3 Å². The Bertz CT molecular complexity index is 2620. The average molecular weight is 811 g/mol. The van der Waals surface area contributed by atoms with E-state index in [1.54, 1.807) is 5.56 Å². The van der Waals surface area contributed by atoms with Crippen LogP contribution in [-0.2, 0) is 37.9 Å². The van der Waals surface area contributed by atoms with Crippen LogP contribution in [0.5, 0.6) is 0 Å². The second-order valence-electron chi connectivity index (χ2n) is 24.6. The third kappa shape index (κ3) is 6.63. The number of benzene rings is 5. The minimum atomic E-state index is -0.0644. The molecule has 1 atom stereocenters. The summed E-state index contributed by atoms with van der Waals surface area (Å²) in [4.78, 5) is 2.65. The highest BCUT2D eigenvalue weighted by Gasteiger charge is 2.49. The molecule has 0 saturated heterocycles. The standard InChI is InChI=1S/C59H74N2/c1-36-28-39(60-49-21-20-38(53(3,4)5)31-42(49)41-33-45-44(30-37(41)2)55(8,9)22-23-56(45,10)11)32-40(29-36)61-50-19-17-18-43-52(50)59(16,27-26-54(43,6)7)48-34-46-47(35-51(48)61)58(14,15)25-24-57(46,12)13/h17-21,28-35,60H,22-27H2,1-16H3. The van der Waals surface area contributed by atoms with Gasteiger partial charge in [0.15, 0.2) is 0 Å². The highest BCUT2D eigenvalue weighted by molar-refractivity contribution is 5.91. The number of nitrogens with one attached hydrogen (secondary N) is 1. The van der Waals surface area contributed by atoms with E-state index < -0.39 is 0 Å². The van der Waals surface area contributed by atoms with E-state index in [1.165, 1.54) is 110 Å². The number of anilines is 5. The molecule has 2 nitrogen and oxygen atoms in total. The van der Waals surface area contributed by atoms with Crippen molar-refractivity contribution >= 4 is 28.4 Å². The summed E-state index contributed by atoms with van der Waals surface area (Å²) in [6.07, 6.45) is 7.17. The Balaban J connectivity index is 1.24. The molecule has 0 radical (unpaired) electrons. The van der Waals surface area contributed by atoms with Crippen LogP contribution in [0.4, 0.5) is 28.4 Å². The highest BCUT2D eigenvalue weighted by atomic mass is 15.2. The van der Waals surface area contributed by atoms with Gasteiger partial charge in [0.05, 0.1) is 11.4 Å². The summed E-state index contributed by atoms with van der Waals surface area (Å²) in [6.45, 7) is 38.8. The lowest BCUT2D eigenvalue weighted by Crippen LogP contribution is -2.42. The maximum atomic E-state index is 4.07. The first-order chi connectivity index (χ1) is 28.2. The number of hydrogen-bond acceptors (Lipinski definition) is 2. The molecular weight excluding hydrogens is 737 g/mol. The SMILES string of the molecule is Cc1cc(Nc2ccc(C(C)(C)C)cc2-c2cc3c(cc2C)C(C)(C)CCC3(C)C)cc(N2c3cc4c(cc3C3(C)CCC(C)(C)c5cccc2c53)C(C)(C)CCC4(C)C)c1. The van der Waals surface area contributed by atoms with Gasteiger partial charge in [0, 0.05) is 28.0 Å². The Labute approximate surface area is 370 Å². The van der Waals surface area contributed by atoms with Crippen molar-refractivity contribution in [1.82, 2.24) is 0 Å². The van der Waals surface area contributed by atoms with Gasteiger partial charge in [-0.2, -0.15) is 0 Å². The predicted octanol–water partition coefficient (Wildman–Crippen LogP) is 16.9. The van der Waals surface area contributed by atoms with Gasteiger partial charge in [-0.15, -0.1) is 0 Å². The average Bonchev–Trinajstić information content (AvgIpc) is 3.16. The smallest absolute Gasteiger partial charge is 0.0505 e. The van der Waals surface area contributed by atoms with Crippen molar-refractivity contribution in [3.8, 4) is 11.1 Å². The van der Waals surface area contributed by atoms with Crippen LogP contribution in [0, 0.1) is 13.8 Å². The van der Waals surface area contributed by atoms with Crippen molar-refractivity contribution in [2.24, 2.45) is 0 Å². The van der Waals surface area contributed by atoms with E-state index in [0.29, 0.717) is 0 Å². The van der Waals surface area contributed by atoms with Crippen LogP contribution < -0.4 is 10.2 Å². The summed E-state index contributed by atoms with van der Waals surface area (Å²) >= 11 is 0. The minimum Gasteiger partial charge on any atom is -0.355 e. The van der Waals surface area contributed by atoms with E-state index >= 15 is 0 Å². The first kappa shape index (κ1) is 42.0. The van der Waals surface area contributed by atoms with Crippen molar-refractivity contribution < 1.29 is 0 Å². The summed E-state index contributed by atoms with van der Waals surface area (Å²) in [5, 5.41) is 4.07. The molecule has 5 aromatic carbocycles. The van der Waals surface area contributed by atoms with Gasteiger partial charge in [0.2, 0.25) is 0 Å². The minimum absolute atomic E-state index is 0.0235. The Morgan fingerprint density at radius 1 is 0.492 bits per heavy atom. The zero-order valence-electron chi connectivity index (χ0n) is 40.7. The lowest BCUT2D eigenvalue weighted by Gasteiger charge is -2.52. The quantitative estimate of drug-likeness (QED) is 0.195. The summed E-state index contributed by atoms with van der Waals surface area (Å²) < 4.78 is 0. The monoisotopic (exact) mass is 811 g/mol. The van der Waals surface area contributed by atoms with Gasteiger partial charge < -0.3 is 10.2 Å². The molecule has 3 aliphatic carbocycles. The molecule has 5 aromatic rings. The molecule has 0 bridgehead atoms. The largest absolute Gasteiger partial charge is 0.355 e. The molecule has 9 rings (SSSR count). The van der Waals surface area contributed by atoms with Gasteiger partial charge in [0.25, 0.3) is 0 Å². The van der Waals surface area contributed by atoms with Crippen molar-refractivity contribution in [2.45, 2.75) is 187 Å². The second-order valence-corrected chi connectivity index (χ2v) is 24.6. The van der Waals surface area contributed by atoms with Crippen LogP contribution in [0.3, 0.4) is 0 Å². The lowest BCUT2D eigenvalue weighted by molar-refractivity contribution is 0.327. The Morgan fingerprint density at radius 3 is 1.67 bits per heavy atom. The van der Waals surface area contributed by atoms with Crippen LogP contribution in [0.25, 0.3) is 11.1 Å². The van der Waals surface area contributed by atoms with Crippen molar-refractivity contribution in [3.63, 3.8) is 0 Å². The fourth-order valence-electron chi connectivity index (χ4n) is 12.1. The molecule has 1 aliphatic heterocycles. The highest BCUT2D eigenvalue weighted by Crippen LogP contribution is 2.62. The molecule has 61 heavy (non-hydrogen) atoms. The molecule has 4 aliphatic rings. The molecule has 320 valence electrons. The molecule has 0 amide bonds. The van der Waals surface area contributed by atoms with E-state index in [4.69, 9.17) is 0 Å². The molecular formula is C59H74N2. The van der Waals surface area contributed by atoms with E-state index in [-0.39, 0.29) is 37.9 Å². The summed E-state index contributed by atoms with van der Waals surface area (Å²) in [6, 6.07) is 31.9. The van der Waals surface area contributed by atoms with Crippen molar-refractivity contribution in [2.75, 3.05) is 10.2 Å². The van der Waals surface area contributed by atoms with E-state index in [9.17, 15) is 0 Å². The number of nitrogens with zero attached hydrogens (tertiary/aromatic N) is 1. The number of aryl methyl sites for hydroxylation is 2. The molecule has 0 saturated carbocycles. The van der Waals surface area contributed by atoms with Crippen LogP contribution in [0.2, 0.25) is 0 Å². The summed E-state index contributed by atoms with van der Waals surface area (Å²) in [7, 11) is 0. The van der Waals surface area contributed by atoms with Gasteiger partial charge in [0.1, 0.15) is 0 Å². The second kappa shape index (κ2) is 13.4. The van der Waals surface area contributed by atoms with Gasteiger partial charge in [-0.1, -0.05) is 127 Å². The maximum absolute atomic E-state index is 4.07. The van der Waals surface area contributed by atoms with Crippen LogP contribution >= 0.6 is 0 Å². The first-order valence-corrected chi connectivity index (χ1v) is 23.6. The van der Waals surface area contributed by atoms with Gasteiger partial charge in [-0.3, -0.25) is 0 Å². The van der Waals surface area contributed by atoms with Crippen molar-refractivity contribution in [1.29, 1.82) is 0 Å². The molecule has 1 heterocycles. The molecule has 1 N–H and O–H groups in total. The molecule has 0 aromatic heterocycles. The lowest BCUT2D eigenvalue weighted by atomic mass is 9.56. The summed E-state index contributed by atoms with van der Waals surface area (Å²) in [5.74, 6) is 0. The Hall–Kier alpha value is -4.30. The number of rotatable bonds is 4. The Morgan fingerprint density at radius 2 is 1.05 bits per heavy atom. The van der Waals surface area contributed by atoms with E-state index in [2.05, 4.69) is 200 Å². The van der Waals surface area contributed by atoms with Gasteiger partial charge >= 0.3 is 0 Å². The van der Waals surface area contributed by atoms with Crippen LogP contribution in [-0.4, -0.2) is 0 Å². The zero-order valence-corrected chi connectivity index (χ0v) is 40.7. The number of hydrogen-bond donors (Lipinski definition) is 1. The fraction of sp³-hybridized carbons (Fsp3) is 0.492. The predicted molar refractivity (Wildman–Crippen MR) is 264 cm³/mol. The molecule has 0 fully saturated rings. The van der Waals surface area contributed by atoms with Gasteiger partial charge in [-0.25, -0.2) is 0 Å². The normalized spacial score (nSPS) is 22.4. The summed E-state index contributed by atoms with van der Waals surface area (Å²) in [5.41, 5.74) is 24.0.